The summed E-state index contributed by atoms with van der Waals surface area (Å²) in [5, 5.41) is 9.75. The fourth-order valence-electron chi connectivity index (χ4n) is 2.96. The molecule has 0 bridgehead atoms. The Morgan fingerprint density at radius 1 is 1.00 bits per heavy atom. The van der Waals surface area contributed by atoms with Gasteiger partial charge in [-0.25, -0.2) is 0 Å². The SMILES string of the molecule is CN(C)c1ccc(-n2c(CCC(=O)O)ccc2-c2ccc(Cl)cc2)cc1. The van der Waals surface area contributed by atoms with Gasteiger partial charge in [0.2, 0.25) is 0 Å². The molecule has 0 saturated heterocycles. The Hall–Kier alpha value is -2.72. The molecule has 0 aliphatic carbocycles. The number of rotatable bonds is 6. The molecule has 5 heteroatoms. The predicted molar refractivity (Wildman–Crippen MR) is 106 cm³/mol. The highest BCUT2D eigenvalue weighted by atomic mass is 35.5. The molecule has 3 rings (SSSR count). The number of anilines is 1. The van der Waals surface area contributed by atoms with Crippen molar-refractivity contribution in [1.82, 2.24) is 4.57 Å². The quantitative estimate of drug-likeness (QED) is 0.674. The van der Waals surface area contributed by atoms with Crippen LogP contribution in [0.5, 0.6) is 0 Å². The van der Waals surface area contributed by atoms with Crippen molar-refractivity contribution in [3.63, 3.8) is 0 Å². The summed E-state index contributed by atoms with van der Waals surface area (Å²) in [4.78, 5) is 13.1. The number of aryl methyl sites for hydroxylation is 1. The molecule has 134 valence electrons. The molecule has 1 N–H and O–H groups in total. The lowest BCUT2D eigenvalue weighted by Gasteiger charge is -2.17. The van der Waals surface area contributed by atoms with Crippen LogP contribution in [0.15, 0.2) is 60.7 Å². The largest absolute Gasteiger partial charge is 0.481 e. The molecule has 0 atom stereocenters. The second-order valence-corrected chi connectivity index (χ2v) is 6.79. The summed E-state index contributed by atoms with van der Waals surface area (Å²) in [5.41, 5.74) is 5.13. The van der Waals surface area contributed by atoms with Crippen LogP contribution in [0.4, 0.5) is 5.69 Å². The minimum absolute atomic E-state index is 0.0971. The Morgan fingerprint density at radius 3 is 2.23 bits per heavy atom. The molecule has 4 nitrogen and oxygen atoms in total. The van der Waals surface area contributed by atoms with Crippen LogP contribution in [0.2, 0.25) is 5.02 Å². The average molecular weight is 369 g/mol. The summed E-state index contributed by atoms with van der Waals surface area (Å²) in [7, 11) is 4.00. The van der Waals surface area contributed by atoms with E-state index in [1.165, 1.54) is 0 Å². The van der Waals surface area contributed by atoms with Gasteiger partial charge in [0.05, 0.1) is 12.1 Å². The first-order valence-corrected chi connectivity index (χ1v) is 8.79. The third-order valence-electron chi connectivity index (χ3n) is 4.32. The first kappa shape index (κ1) is 18.1. The molecule has 26 heavy (non-hydrogen) atoms. The first-order chi connectivity index (χ1) is 12.5. The predicted octanol–water partition coefficient (Wildman–Crippen LogP) is 4.88. The highest BCUT2D eigenvalue weighted by molar-refractivity contribution is 6.30. The molecule has 1 heterocycles. The molecule has 3 aromatic rings. The van der Waals surface area contributed by atoms with Crippen LogP contribution in [0, 0.1) is 0 Å². The highest BCUT2D eigenvalue weighted by Gasteiger charge is 2.13. The maximum atomic E-state index is 11.0. The van der Waals surface area contributed by atoms with E-state index in [1.54, 1.807) is 0 Å². The molecular weight excluding hydrogens is 348 g/mol. The van der Waals surface area contributed by atoms with Gasteiger partial charge in [0.15, 0.2) is 0 Å². The average Bonchev–Trinajstić information content (AvgIpc) is 3.04. The van der Waals surface area contributed by atoms with Crippen molar-refractivity contribution in [3.05, 3.63) is 71.4 Å². The van der Waals surface area contributed by atoms with E-state index in [1.807, 2.05) is 55.4 Å². The number of carbonyl (C=O) groups is 1. The van der Waals surface area contributed by atoms with E-state index < -0.39 is 5.97 Å². The van der Waals surface area contributed by atoms with Crippen molar-refractivity contribution < 1.29 is 9.90 Å². The molecule has 0 unspecified atom stereocenters. The number of hydrogen-bond donors (Lipinski definition) is 1. The molecule has 0 radical (unpaired) electrons. The standard InChI is InChI=1S/C21H21ClN2O2/c1-23(2)17-7-9-18(10-8-17)24-19(12-14-21(25)26)11-13-20(24)15-3-5-16(22)6-4-15/h3-11,13H,12,14H2,1-2H3,(H,25,26). The van der Waals surface area contributed by atoms with Crippen molar-refractivity contribution in [1.29, 1.82) is 0 Å². The van der Waals surface area contributed by atoms with Crippen molar-refractivity contribution >= 4 is 23.3 Å². The number of halogens is 1. The van der Waals surface area contributed by atoms with E-state index in [-0.39, 0.29) is 6.42 Å². The number of aromatic nitrogens is 1. The van der Waals surface area contributed by atoms with Crippen LogP contribution >= 0.6 is 11.6 Å². The van der Waals surface area contributed by atoms with Gasteiger partial charge in [-0.2, -0.15) is 0 Å². The van der Waals surface area contributed by atoms with Gasteiger partial charge in [0.1, 0.15) is 0 Å². The minimum atomic E-state index is -0.797. The van der Waals surface area contributed by atoms with Gasteiger partial charge in [0.25, 0.3) is 0 Å². The van der Waals surface area contributed by atoms with Gasteiger partial charge < -0.3 is 14.6 Å². The van der Waals surface area contributed by atoms with Crippen LogP contribution in [-0.2, 0) is 11.2 Å². The molecule has 0 spiro atoms. The van der Waals surface area contributed by atoms with Crippen LogP contribution < -0.4 is 4.90 Å². The Morgan fingerprint density at radius 2 is 1.65 bits per heavy atom. The lowest BCUT2D eigenvalue weighted by molar-refractivity contribution is -0.136. The van der Waals surface area contributed by atoms with E-state index in [0.717, 1.165) is 28.3 Å². The summed E-state index contributed by atoms with van der Waals surface area (Å²) in [5.74, 6) is -0.797. The summed E-state index contributed by atoms with van der Waals surface area (Å²) < 4.78 is 2.12. The van der Waals surface area contributed by atoms with Crippen LogP contribution in [0.3, 0.4) is 0 Å². The molecule has 0 aliphatic rings. The summed E-state index contributed by atoms with van der Waals surface area (Å²) >= 11 is 6.02. The minimum Gasteiger partial charge on any atom is -0.481 e. The maximum Gasteiger partial charge on any atom is 0.303 e. The third-order valence-corrected chi connectivity index (χ3v) is 4.57. The normalized spacial score (nSPS) is 10.7. The Balaban J connectivity index is 2.07. The molecule has 0 saturated carbocycles. The highest BCUT2D eigenvalue weighted by Crippen LogP contribution is 2.29. The number of hydrogen-bond acceptors (Lipinski definition) is 2. The van der Waals surface area contributed by atoms with Crippen molar-refractivity contribution in [2.45, 2.75) is 12.8 Å². The third kappa shape index (κ3) is 3.92. The Bertz CT molecular complexity index is 897. The van der Waals surface area contributed by atoms with Crippen LogP contribution in [0.1, 0.15) is 12.1 Å². The molecule has 0 fully saturated rings. The zero-order valence-corrected chi connectivity index (χ0v) is 15.6. The van der Waals surface area contributed by atoms with E-state index >= 15 is 0 Å². The smallest absolute Gasteiger partial charge is 0.303 e. The molecular formula is C21H21ClN2O2. The molecule has 0 aliphatic heterocycles. The van der Waals surface area contributed by atoms with E-state index in [9.17, 15) is 4.79 Å². The van der Waals surface area contributed by atoms with E-state index in [2.05, 4.69) is 28.8 Å². The lowest BCUT2D eigenvalue weighted by atomic mass is 10.1. The van der Waals surface area contributed by atoms with Gasteiger partial charge in [-0.05, 0) is 60.5 Å². The number of nitrogens with zero attached hydrogens (tertiary/aromatic N) is 2. The zero-order valence-electron chi connectivity index (χ0n) is 14.8. The van der Waals surface area contributed by atoms with E-state index in [4.69, 9.17) is 16.7 Å². The summed E-state index contributed by atoms with van der Waals surface area (Å²) in [6.07, 6.45) is 0.568. The number of benzene rings is 2. The molecule has 0 amide bonds. The Kier molecular flexibility index (Phi) is 5.33. The summed E-state index contributed by atoms with van der Waals surface area (Å²) in [6.45, 7) is 0. The number of carboxylic acids is 1. The van der Waals surface area contributed by atoms with Gasteiger partial charge in [-0.3, -0.25) is 4.79 Å². The second kappa shape index (κ2) is 7.67. The van der Waals surface area contributed by atoms with Crippen molar-refractivity contribution in [2.75, 3.05) is 19.0 Å². The maximum absolute atomic E-state index is 11.0. The van der Waals surface area contributed by atoms with Crippen molar-refractivity contribution in [2.24, 2.45) is 0 Å². The van der Waals surface area contributed by atoms with Gasteiger partial charge in [-0.1, -0.05) is 23.7 Å². The van der Waals surface area contributed by atoms with Crippen LogP contribution in [0.25, 0.3) is 16.9 Å². The van der Waals surface area contributed by atoms with Crippen LogP contribution in [-0.4, -0.2) is 29.7 Å². The fourth-order valence-corrected chi connectivity index (χ4v) is 3.09. The number of aliphatic carboxylic acids is 1. The monoisotopic (exact) mass is 368 g/mol. The topological polar surface area (TPSA) is 45.5 Å². The van der Waals surface area contributed by atoms with Gasteiger partial charge in [-0.15, -0.1) is 0 Å². The zero-order chi connectivity index (χ0) is 18.7. The van der Waals surface area contributed by atoms with Gasteiger partial charge >= 0.3 is 5.97 Å². The molecule has 1 aromatic heterocycles. The summed E-state index contributed by atoms with van der Waals surface area (Å²) in [6, 6.07) is 19.9. The second-order valence-electron chi connectivity index (χ2n) is 6.36. The van der Waals surface area contributed by atoms with Gasteiger partial charge in [0, 0.05) is 36.2 Å². The van der Waals surface area contributed by atoms with Crippen molar-refractivity contribution in [3.8, 4) is 16.9 Å². The number of carboxylic acid groups (broad SMARTS) is 1. The first-order valence-electron chi connectivity index (χ1n) is 8.42. The lowest BCUT2D eigenvalue weighted by Crippen LogP contribution is -2.09. The fraction of sp³-hybridized carbons (Fsp3) is 0.190. The molecule has 2 aromatic carbocycles. The van der Waals surface area contributed by atoms with E-state index in [0.29, 0.717) is 11.4 Å². The Labute approximate surface area is 158 Å².